The van der Waals surface area contributed by atoms with E-state index in [4.69, 9.17) is 15.2 Å². The van der Waals surface area contributed by atoms with Crippen LogP contribution in [0.15, 0.2) is 42.6 Å². The van der Waals surface area contributed by atoms with Crippen molar-refractivity contribution in [2.24, 2.45) is 5.73 Å². The standard InChI is InChI=1S/C19H19N3O3/c1-11-5-4-6-12(7-11)22-18-13-8-16(24-2)17(25-3)9-15(13)21-10-14(18)19(20)23/h4-10H,1-3H3,(H2,20,23)(H,21,22). The summed E-state index contributed by atoms with van der Waals surface area (Å²) in [5.41, 5.74) is 9.05. The second-order valence-electron chi connectivity index (χ2n) is 5.63. The summed E-state index contributed by atoms with van der Waals surface area (Å²) in [4.78, 5) is 16.2. The Morgan fingerprint density at radius 1 is 1.12 bits per heavy atom. The molecule has 3 rings (SSSR count). The van der Waals surface area contributed by atoms with Crippen molar-refractivity contribution in [1.29, 1.82) is 0 Å². The molecule has 0 unspecified atom stereocenters. The van der Waals surface area contributed by atoms with Gasteiger partial charge in [0.25, 0.3) is 5.91 Å². The van der Waals surface area contributed by atoms with Crippen LogP contribution in [0.3, 0.4) is 0 Å². The van der Waals surface area contributed by atoms with Crippen molar-refractivity contribution in [3.05, 3.63) is 53.7 Å². The summed E-state index contributed by atoms with van der Waals surface area (Å²) in [5, 5.41) is 4.01. The fourth-order valence-electron chi connectivity index (χ4n) is 2.71. The van der Waals surface area contributed by atoms with E-state index in [0.717, 1.165) is 16.6 Å². The molecule has 0 bridgehead atoms. The van der Waals surface area contributed by atoms with Crippen LogP contribution in [0.1, 0.15) is 15.9 Å². The van der Waals surface area contributed by atoms with Gasteiger partial charge in [-0.05, 0) is 30.7 Å². The van der Waals surface area contributed by atoms with Crippen LogP contribution in [0.2, 0.25) is 0 Å². The van der Waals surface area contributed by atoms with Gasteiger partial charge in [0, 0.05) is 23.3 Å². The van der Waals surface area contributed by atoms with E-state index in [2.05, 4.69) is 10.3 Å². The number of aromatic nitrogens is 1. The van der Waals surface area contributed by atoms with Gasteiger partial charge in [0.2, 0.25) is 0 Å². The maximum atomic E-state index is 11.9. The number of nitrogens with two attached hydrogens (primary N) is 1. The van der Waals surface area contributed by atoms with Crippen molar-refractivity contribution < 1.29 is 14.3 Å². The van der Waals surface area contributed by atoms with Crippen molar-refractivity contribution in [2.45, 2.75) is 6.92 Å². The fraction of sp³-hybridized carbons (Fsp3) is 0.158. The SMILES string of the molecule is COc1cc2ncc(C(N)=O)c(Nc3cccc(C)c3)c2cc1OC. The van der Waals surface area contributed by atoms with Gasteiger partial charge in [-0.2, -0.15) is 0 Å². The van der Waals surface area contributed by atoms with Gasteiger partial charge in [0.15, 0.2) is 11.5 Å². The van der Waals surface area contributed by atoms with E-state index < -0.39 is 5.91 Å². The molecular formula is C19H19N3O3. The number of anilines is 2. The molecule has 6 heteroatoms. The monoisotopic (exact) mass is 337 g/mol. The third-order valence-corrected chi connectivity index (χ3v) is 3.93. The Hall–Kier alpha value is -3.28. The van der Waals surface area contributed by atoms with E-state index in [-0.39, 0.29) is 0 Å². The topological polar surface area (TPSA) is 86.5 Å². The van der Waals surface area contributed by atoms with Crippen molar-refractivity contribution in [3.8, 4) is 11.5 Å². The number of nitrogens with zero attached hydrogens (tertiary/aromatic N) is 1. The van der Waals surface area contributed by atoms with Gasteiger partial charge in [-0.3, -0.25) is 9.78 Å². The smallest absolute Gasteiger partial charge is 0.252 e. The minimum absolute atomic E-state index is 0.307. The van der Waals surface area contributed by atoms with E-state index in [1.807, 2.05) is 31.2 Å². The summed E-state index contributed by atoms with van der Waals surface area (Å²) in [6.45, 7) is 2.00. The largest absolute Gasteiger partial charge is 0.493 e. The first-order chi connectivity index (χ1) is 12.0. The molecule has 128 valence electrons. The number of amides is 1. The Kier molecular flexibility index (Phi) is 4.43. The number of primary amides is 1. The molecule has 25 heavy (non-hydrogen) atoms. The molecule has 0 aliphatic rings. The van der Waals surface area contributed by atoms with Gasteiger partial charge in [0.05, 0.1) is 31.0 Å². The molecule has 2 aromatic carbocycles. The number of rotatable bonds is 5. The molecule has 0 aliphatic carbocycles. The zero-order valence-electron chi connectivity index (χ0n) is 14.3. The highest BCUT2D eigenvalue weighted by Crippen LogP contribution is 2.37. The molecule has 0 fully saturated rings. The molecular weight excluding hydrogens is 318 g/mol. The van der Waals surface area contributed by atoms with Crippen LogP contribution in [0.25, 0.3) is 10.9 Å². The lowest BCUT2D eigenvalue weighted by Gasteiger charge is -2.15. The summed E-state index contributed by atoms with van der Waals surface area (Å²) < 4.78 is 10.7. The lowest BCUT2D eigenvalue weighted by Crippen LogP contribution is -2.14. The minimum Gasteiger partial charge on any atom is -0.493 e. The van der Waals surface area contributed by atoms with Crippen LogP contribution in [-0.2, 0) is 0 Å². The van der Waals surface area contributed by atoms with Gasteiger partial charge in [-0.25, -0.2) is 0 Å². The van der Waals surface area contributed by atoms with Crippen LogP contribution in [0.4, 0.5) is 11.4 Å². The Morgan fingerprint density at radius 2 is 1.84 bits per heavy atom. The summed E-state index contributed by atoms with van der Waals surface area (Å²) in [7, 11) is 3.12. The molecule has 0 spiro atoms. The van der Waals surface area contributed by atoms with Crippen molar-refractivity contribution in [1.82, 2.24) is 4.98 Å². The highest BCUT2D eigenvalue weighted by Gasteiger charge is 2.16. The van der Waals surface area contributed by atoms with Gasteiger partial charge < -0.3 is 20.5 Å². The normalized spacial score (nSPS) is 10.5. The molecule has 0 radical (unpaired) electrons. The average Bonchev–Trinajstić information content (AvgIpc) is 2.60. The molecule has 3 N–H and O–H groups in total. The molecule has 0 aliphatic heterocycles. The van der Waals surface area contributed by atoms with Gasteiger partial charge in [-0.1, -0.05) is 12.1 Å². The number of carbonyl (C=O) groups is 1. The van der Waals surface area contributed by atoms with E-state index >= 15 is 0 Å². The summed E-state index contributed by atoms with van der Waals surface area (Å²) in [5.74, 6) is 0.556. The molecule has 1 aromatic heterocycles. The van der Waals surface area contributed by atoms with Crippen LogP contribution in [-0.4, -0.2) is 25.1 Å². The Balaban J connectivity index is 2.24. The van der Waals surface area contributed by atoms with Gasteiger partial charge in [-0.15, -0.1) is 0 Å². The Labute approximate surface area is 145 Å². The number of benzene rings is 2. The van der Waals surface area contributed by atoms with E-state index in [0.29, 0.717) is 28.3 Å². The lowest BCUT2D eigenvalue weighted by atomic mass is 10.1. The number of pyridine rings is 1. The summed E-state index contributed by atoms with van der Waals surface area (Å²) >= 11 is 0. The lowest BCUT2D eigenvalue weighted by molar-refractivity contribution is 0.100. The van der Waals surface area contributed by atoms with Crippen molar-refractivity contribution in [3.63, 3.8) is 0 Å². The number of carbonyl (C=O) groups excluding carboxylic acids is 1. The molecule has 1 amide bonds. The highest BCUT2D eigenvalue weighted by atomic mass is 16.5. The van der Waals surface area contributed by atoms with Crippen molar-refractivity contribution in [2.75, 3.05) is 19.5 Å². The molecule has 1 heterocycles. The van der Waals surface area contributed by atoms with E-state index in [9.17, 15) is 4.79 Å². The van der Waals surface area contributed by atoms with Crippen LogP contribution in [0.5, 0.6) is 11.5 Å². The van der Waals surface area contributed by atoms with Gasteiger partial charge in [0.1, 0.15) is 0 Å². The summed E-state index contributed by atoms with van der Waals surface area (Å²) in [6.07, 6.45) is 1.47. The molecule has 0 saturated carbocycles. The second kappa shape index (κ2) is 6.68. The predicted octanol–water partition coefficient (Wildman–Crippen LogP) is 3.40. The third-order valence-electron chi connectivity index (χ3n) is 3.93. The van der Waals surface area contributed by atoms with Crippen LogP contribution in [0, 0.1) is 6.92 Å². The fourth-order valence-corrected chi connectivity index (χ4v) is 2.71. The second-order valence-corrected chi connectivity index (χ2v) is 5.63. The number of hydrogen-bond acceptors (Lipinski definition) is 5. The van der Waals surface area contributed by atoms with Gasteiger partial charge >= 0.3 is 0 Å². The molecule has 0 atom stereocenters. The Morgan fingerprint density at radius 3 is 2.48 bits per heavy atom. The maximum Gasteiger partial charge on any atom is 0.252 e. The number of ether oxygens (including phenoxy) is 2. The zero-order valence-corrected chi connectivity index (χ0v) is 14.3. The van der Waals surface area contributed by atoms with Crippen LogP contribution < -0.4 is 20.5 Å². The maximum absolute atomic E-state index is 11.9. The number of nitrogens with one attached hydrogen (secondary N) is 1. The first kappa shape index (κ1) is 16.6. The number of methoxy groups -OCH3 is 2. The number of aryl methyl sites for hydroxylation is 1. The molecule has 6 nitrogen and oxygen atoms in total. The average molecular weight is 337 g/mol. The summed E-state index contributed by atoms with van der Waals surface area (Å²) in [6, 6.07) is 11.4. The van der Waals surface area contributed by atoms with Crippen molar-refractivity contribution >= 4 is 28.2 Å². The third kappa shape index (κ3) is 3.19. The first-order valence-electron chi connectivity index (χ1n) is 7.71. The van der Waals surface area contributed by atoms with E-state index in [1.165, 1.54) is 6.20 Å². The van der Waals surface area contributed by atoms with E-state index in [1.54, 1.807) is 26.4 Å². The predicted molar refractivity (Wildman–Crippen MR) is 97.8 cm³/mol. The first-order valence-corrected chi connectivity index (χ1v) is 7.71. The van der Waals surface area contributed by atoms with Crippen LogP contribution >= 0.6 is 0 Å². The Bertz CT molecular complexity index is 954. The minimum atomic E-state index is -0.556. The quantitative estimate of drug-likeness (QED) is 0.745. The highest BCUT2D eigenvalue weighted by molar-refractivity contribution is 6.08. The number of hydrogen-bond donors (Lipinski definition) is 2. The molecule has 3 aromatic rings. The number of fused-ring (bicyclic) bond motifs is 1. The zero-order chi connectivity index (χ0) is 18.0. The molecule has 0 saturated heterocycles.